The molecule has 0 amide bonds. The highest BCUT2D eigenvalue weighted by Gasteiger charge is 2.31. The molecule has 20 heavy (non-hydrogen) atoms. The van der Waals surface area contributed by atoms with Crippen LogP contribution in [0.25, 0.3) is 0 Å². The Morgan fingerprint density at radius 1 is 1.40 bits per heavy atom. The van der Waals surface area contributed by atoms with Gasteiger partial charge in [0.15, 0.2) is 11.6 Å². The van der Waals surface area contributed by atoms with Crippen LogP contribution in [-0.4, -0.2) is 13.7 Å². The minimum atomic E-state index is -0.265. The van der Waals surface area contributed by atoms with E-state index in [2.05, 4.69) is 19.2 Å². The second kappa shape index (κ2) is 7.07. The van der Waals surface area contributed by atoms with E-state index in [4.69, 9.17) is 4.74 Å². The SMILES string of the molecule is CCCNC(c1ccc(OC)c(F)c1)C1CCCC1C. The molecule has 2 nitrogen and oxygen atoms in total. The van der Waals surface area contributed by atoms with Crippen molar-refractivity contribution in [3.05, 3.63) is 29.6 Å². The van der Waals surface area contributed by atoms with Gasteiger partial charge in [0.2, 0.25) is 0 Å². The summed E-state index contributed by atoms with van der Waals surface area (Å²) in [6.45, 7) is 5.45. The number of halogens is 1. The number of ether oxygens (including phenoxy) is 1. The van der Waals surface area contributed by atoms with Gasteiger partial charge in [-0.1, -0.05) is 32.8 Å². The smallest absolute Gasteiger partial charge is 0.165 e. The van der Waals surface area contributed by atoms with Crippen LogP contribution in [0.1, 0.15) is 51.1 Å². The van der Waals surface area contributed by atoms with Crippen LogP contribution in [0.3, 0.4) is 0 Å². The Bertz CT molecular complexity index is 435. The maximum absolute atomic E-state index is 14.0. The van der Waals surface area contributed by atoms with E-state index in [1.54, 1.807) is 12.1 Å². The highest BCUT2D eigenvalue weighted by Crippen LogP contribution is 2.40. The first-order valence-electron chi connectivity index (χ1n) is 7.74. The lowest BCUT2D eigenvalue weighted by atomic mass is 9.85. The summed E-state index contributed by atoms with van der Waals surface area (Å²) < 4.78 is 19.0. The molecule has 0 saturated heterocycles. The topological polar surface area (TPSA) is 21.3 Å². The maximum atomic E-state index is 14.0. The van der Waals surface area contributed by atoms with Gasteiger partial charge in [0.25, 0.3) is 0 Å². The molecule has 0 heterocycles. The molecule has 0 aromatic heterocycles. The molecule has 1 aliphatic carbocycles. The molecule has 0 aliphatic heterocycles. The fraction of sp³-hybridized carbons (Fsp3) is 0.647. The van der Waals surface area contributed by atoms with Crippen molar-refractivity contribution in [2.75, 3.05) is 13.7 Å². The quantitative estimate of drug-likeness (QED) is 0.837. The Morgan fingerprint density at radius 3 is 2.75 bits per heavy atom. The van der Waals surface area contributed by atoms with Crippen LogP contribution in [0.15, 0.2) is 18.2 Å². The predicted molar refractivity (Wildman–Crippen MR) is 80.5 cm³/mol. The minimum absolute atomic E-state index is 0.257. The average Bonchev–Trinajstić information content (AvgIpc) is 2.86. The van der Waals surface area contributed by atoms with Gasteiger partial charge in [-0.2, -0.15) is 0 Å². The summed E-state index contributed by atoms with van der Waals surface area (Å²) >= 11 is 0. The zero-order valence-corrected chi connectivity index (χ0v) is 12.8. The van der Waals surface area contributed by atoms with E-state index < -0.39 is 0 Å². The van der Waals surface area contributed by atoms with Crippen LogP contribution in [0.5, 0.6) is 5.75 Å². The fourth-order valence-corrected chi connectivity index (χ4v) is 3.36. The van der Waals surface area contributed by atoms with Crippen molar-refractivity contribution in [3.8, 4) is 5.75 Å². The molecule has 2 rings (SSSR count). The Morgan fingerprint density at radius 2 is 2.20 bits per heavy atom. The fourth-order valence-electron chi connectivity index (χ4n) is 3.36. The predicted octanol–water partition coefficient (Wildman–Crippen LogP) is 4.31. The Labute approximate surface area is 121 Å². The highest BCUT2D eigenvalue weighted by atomic mass is 19.1. The third kappa shape index (κ3) is 3.32. The summed E-state index contributed by atoms with van der Waals surface area (Å²) in [5, 5.41) is 3.62. The summed E-state index contributed by atoms with van der Waals surface area (Å²) in [6, 6.07) is 5.63. The summed E-state index contributed by atoms with van der Waals surface area (Å²) in [5.74, 6) is 1.37. The zero-order valence-electron chi connectivity index (χ0n) is 12.8. The normalized spacial score (nSPS) is 23.8. The number of methoxy groups -OCH3 is 1. The van der Waals surface area contributed by atoms with Crippen molar-refractivity contribution in [2.45, 2.75) is 45.6 Å². The molecule has 0 radical (unpaired) electrons. The number of nitrogens with one attached hydrogen (secondary N) is 1. The first kappa shape index (κ1) is 15.3. The van der Waals surface area contributed by atoms with E-state index in [1.807, 2.05) is 6.07 Å². The van der Waals surface area contributed by atoms with Crippen LogP contribution in [0.4, 0.5) is 4.39 Å². The van der Waals surface area contributed by atoms with Crippen molar-refractivity contribution >= 4 is 0 Å². The third-order valence-electron chi connectivity index (χ3n) is 4.51. The lowest BCUT2D eigenvalue weighted by Crippen LogP contribution is -2.30. The third-order valence-corrected chi connectivity index (χ3v) is 4.51. The Balaban J connectivity index is 2.23. The molecule has 1 saturated carbocycles. The molecular weight excluding hydrogens is 253 g/mol. The molecule has 0 spiro atoms. The second-order valence-corrected chi connectivity index (χ2v) is 5.90. The van der Waals surface area contributed by atoms with Crippen molar-refractivity contribution in [1.29, 1.82) is 0 Å². The van der Waals surface area contributed by atoms with Gasteiger partial charge in [0, 0.05) is 6.04 Å². The van der Waals surface area contributed by atoms with Gasteiger partial charge < -0.3 is 10.1 Å². The molecule has 3 unspecified atom stereocenters. The van der Waals surface area contributed by atoms with E-state index >= 15 is 0 Å². The number of benzene rings is 1. The van der Waals surface area contributed by atoms with Crippen LogP contribution >= 0.6 is 0 Å². The van der Waals surface area contributed by atoms with Crippen molar-refractivity contribution in [2.24, 2.45) is 11.8 Å². The summed E-state index contributed by atoms with van der Waals surface area (Å²) in [4.78, 5) is 0. The molecule has 0 bridgehead atoms. The van der Waals surface area contributed by atoms with E-state index in [0.29, 0.717) is 17.6 Å². The lowest BCUT2D eigenvalue weighted by Gasteiger charge is -2.28. The second-order valence-electron chi connectivity index (χ2n) is 5.90. The standard InChI is InChI=1S/C17H26FNO/c1-4-10-19-17(14-7-5-6-12(14)2)13-8-9-16(20-3)15(18)11-13/h8-9,11-12,14,17,19H,4-7,10H2,1-3H3. The van der Waals surface area contributed by atoms with E-state index in [-0.39, 0.29) is 11.9 Å². The monoisotopic (exact) mass is 279 g/mol. The molecule has 1 aliphatic rings. The van der Waals surface area contributed by atoms with E-state index in [0.717, 1.165) is 18.5 Å². The molecule has 1 N–H and O–H groups in total. The lowest BCUT2D eigenvalue weighted by molar-refractivity contribution is 0.300. The van der Waals surface area contributed by atoms with Gasteiger partial charge in [-0.05, 0) is 48.9 Å². The van der Waals surface area contributed by atoms with Crippen molar-refractivity contribution in [3.63, 3.8) is 0 Å². The largest absolute Gasteiger partial charge is 0.494 e. The highest BCUT2D eigenvalue weighted by molar-refractivity contribution is 5.31. The Kier molecular flexibility index (Phi) is 5.41. The molecule has 112 valence electrons. The van der Waals surface area contributed by atoms with Gasteiger partial charge in [0.05, 0.1) is 7.11 Å². The van der Waals surface area contributed by atoms with Crippen LogP contribution < -0.4 is 10.1 Å². The van der Waals surface area contributed by atoms with Crippen molar-refractivity contribution in [1.82, 2.24) is 5.32 Å². The summed E-state index contributed by atoms with van der Waals surface area (Å²) in [5.41, 5.74) is 1.05. The first-order valence-corrected chi connectivity index (χ1v) is 7.74. The van der Waals surface area contributed by atoms with Gasteiger partial charge in [-0.15, -0.1) is 0 Å². The van der Waals surface area contributed by atoms with E-state index in [9.17, 15) is 4.39 Å². The van der Waals surface area contributed by atoms with E-state index in [1.165, 1.54) is 26.4 Å². The number of hydrogen-bond acceptors (Lipinski definition) is 2. The zero-order chi connectivity index (χ0) is 14.5. The van der Waals surface area contributed by atoms with Crippen LogP contribution in [0.2, 0.25) is 0 Å². The summed E-state index contributed by atoms with van der Waals surface area (Å²) in [6.07, 6.45) is 4.90. The maximum Gasteiger partial charge on any atom is 0.165 e. The molecule has 3 atom stereocenters. The van der Waals surface area contributed by atoms with Gasteiger partial charge in [0.1, 0.15) is 0 Å². The van der Waals surface area contributed by atoms with Crippen molar-refractivity contribution < 1.29 is 9.13 Å². The molecular formula is C17H26FNO. The average molecular weight is 279 g/mol. The minimum Gasteiger partial charge on any atom is -0.494 e. The van der Waals surface area contributed by atoms with Gasteiger partial charge in [-0.25, -0.2) is 4.39 Å². The molecule has 1 fully saturated rings. The van der Waals surface area contributed by atoms with Gasteiger partial charge in [-0.3, -0.25) is 0 Å². The van der Waals surface area contributed by atoms with Gasteiger partial charge >= 0.3 is 0 Å². The Hall–Kier alpha value is -1.09. The van der Waals surface area contributed by atoms with Crippen LogP contribution in [0, 0.1) is 17.7 Å². The molecule has 1 aromatic carbocycles. The number of rotatable bonds is 6. The number of hydrogen-bond donors (Lipinski definition) is 1. The molecule has 1 aromatic rings. The summed E-state index contributed by atoms with van der Waals surface area (Å²) in [7, 11) is 1.50. The van der Waals surface area contributed by atoms with Crippen LogP contribution in [-0.2, 0) is 0 Å². The molecule has 3 heteroatoms. The first-order chi connectivity index (χ1) is 9.67.